The van der Waals surface area contributed by atoms with Crippen LogP contribution in [0.4, 0.5) is 0 Å². The van der Waals surface area contributed by atoms with Crippen molar-refractivity contribution in [3.63, 3.8) is 0 Å². The zero-order chi connectivity index (χ0) is 25.2. The van der Waals surface area contributed by atoms with E-state index in [-0.39, 0.29) is 17.7 Å². The number of hydrogen-bond acceptors (Lipinski definition) is 7. The average Bonchev–Trinajstić information content (AvgIpc) is 3.59. The number of aromatic nitrogens is 5. The molecule has 192 valence electrons. The summed E-state index contributed by atoms with van der Waals surface area (Å²) in [7, 11) is 0. The number of pyridine rings is 1. The van der Waals surface area contributed by atoms with Gasteiger partial charge in [0.2, 0.25) is 0 Å². The van der Waals surface area contributed by atoms with Crippen molar-refractivity contribution in [2.24, 2.45) is 0 Å². The fourth-order valence-electron chi connectivity index (χ4n) is 5.59. The highest BCUT2D eigenvalue weighted by Gasteiger charge is 2.33. The minimum absolute atomic E-state index is 0.0975. The predicted molar refractivity (Wildman–Crippen MR) is 141 cm³/mol. The number of rotatable bonds is 7. The molecule has 0 spiro atoms. The van der Waals surface area contributed by atoms with E-state index in [9.17, 15) is 4.79 Å². The Balaban J connectivity index is 1.33. The molecular weight excluding hydrogens is 466 g/mol. The maximum absolute atomic E-state index is 13.5. The van der Waals surface area contributed by atoms with Crippen LogP contribution in [0.1, 0.15) is 41.4 Å². The third-order valence-electron chi connectivity index (χ3n) is 7.55. The number of benzene rings is 2. The van der Waals surface area contributed by atoms with Crippen LogP contribution >= 0.6 is 0 Å². The smallest absolute Gasteiger partial charge is 0.253 e. The van der Waals surface area contributed by atoms with Gasteiger partial charge in [0.05, 0.1) is 12.6 Å². The Morgan fingerprint density at radius 2 is 1.92 bits per heavy atom. The number of piperazine rings is 1. The van der Waals surface area contributed by atoms with Crippen LogP contribution in [0.3, 0.4) is 0 Å². The highest BCUT2D eigenvalue weighted by Crippen LogP contribution is 2.29. The zero-order valence-corrected chi connectivity index (χ0v) is 21.2. The second-order valence-electron chi connectivity index (χ2n) is 10.2. The third kappa shape index (κ3) is 5.20. The van der Waals surface area contributed by atoms with Crippen LogP contribution in [0.15, 0.2) is 59.4 Å². The van der Waals surface area contributed by atoms with Gasteiger partial charge in [-0.25, -0.2) is 4.68 Å². The number of fused-ring (bicyclic) bond motifs is 1. The molecule has 2 aliphatic rings. The molecule has 37 heavy (non-hydrogen) atoms. The number of nitrogens with zero attached hydrogens (tertiary/aromatic N) is 6. The van der Waals surface area contributed by atoms with Gasteiger partial charge in [-0.05, 0) is 59.3 Å². The summed E-state index contributed by atoms with van der Waals surface area (Å²) >= 11 is 0. The number of hydrogen-bond donors (Lipinski definition) is 1. The van der Waals surface area contributed by atoms with Gasteiger partial charge >= 0.3 is 0 Å². The number of tetrazole rings is 1. The molecule has 0 amide bonds. The normalized spacial score (nSPS) is 20.0. The minimum Gasteiger partial charge on any atom is -0.376 e. The standard InChI is InChI=1S/C28H33N7O2/c1-20-9-10-25-22(16-20)17-24(28(36)29-25)26(27-30-31-32-35(27)19-23-8-5-15-37-23)34-13-11-33(12-14-34)18-21-6-3-2-4-7-21/h2-4,6-7,9-10,16-17,23,26H,5,8,11-15,18-19H2,1H3,(H,29,36)/t23-,26-/m1/s1. The van der Waals surface area contributed by atoms with Crippen molar-refractivity contribution in [2.45, 2.75) is 45.0 Å². The fourth-order valence-corrected chi connectivity index (χ4v) is 5.59. The number of aryl methyl sites for hydroxylation is 1. The molecule has 2 atom stereocenters. The van der Waals surface area contributed by atoms with Gasteiger partial charge in [0.15, 0.2) is 5.82 Å². The average molecular weight is 500 g/mol. The monoisotopic (exact) mass is 499 g/mol. The number of H-pyrrole nitrogens is 1. The summed E-state index contributed by atoms with van der Waals surface area (Å²) in [4.78, 5) is 21.4. The van der Waals surface area contributed by atoms with Crippen molar-refractivity contribution in [1.82, 2.24) is 35.0 Å². The van der Waals surface area contributed by atoms with Crippen molar-refractivity contribution >= 4 is 10.9 Å². The van der Waals surface area contributed by atoms with Gasteiger partial charge in [0.1, 0.15) is 6.04 Å². The van der Waals surface area contributed by atoms with Gasteiger partial charge in [-0.2, -0.15) is 0 Å². The lowest BCUT2D eigenvalue weighted by Crippen LogP contribution is -2.48. The van der Waals surface area contributed by atoms with Gasteiger partial charge in [0.25, 0.3) is 5.56 Å². The highest BCUT2D eigenvalue weighted by molar-refractivity contribution is 5.79. The van der Waals surface area contributed by atoms with Gasteiger partial charge in [0, 0.05) is 50.4 Å². The van der Waals surface area contributed by atoms with Crippen molar-refractivity contribution in [3.05, 3.63) is 87.5 Å². The Morgan fingerprint density at radius 3 is 2.70 bits per heavy atom. The van der Waals surface area contributed by atoms with E-state index in [1.807, 2.05) is 22.9 Å². The van der Waals surface area contributed by atoms with Gasteiger partial charge in [-0.15, -0.1) is 5.10 Å². The van der Waals surface area contributed by atoms with Crippen LogP contribution in [0.5, 0.6) is 0 Å². The third-order valence-corrected chi connectivity index (χ3v) is 7.55. The zero-order valence-electron chi connectivity index (χ0n) is 21.2. The Bertz CT molecular complexity index is 1400. The molecule has 0 radical (unpaired) electrons. The molecule has 0 bridgehead atoms. The van der Waals surface area contributed by atoms with Crippen molar-refractivity contribution in [3.8, 4) is 0 Å². The maximum Gasteiger partial charge on any atom is 0.253 e. The quantitative estimate of drug-likeness (QED) is 0.418. The second kappa shape index (κ2) is 10.5. The Labute approximate surface area is 216 Å². The fraction of sp³-hybridized carbons (Fsp3) is 0.429. The molecule has 4 aromatic rings. The first-order chi connectivity index (χ1) is 18.1. The summed E-state index contributed by atoms with van der Waals surface area (Å²) in [6, 6.07) is 18.3. The topological polar surface area (TPSA) is 92.2 Å². The van der Waals surface area contributed by atoms with Crippen molar-refractivity contribution in [2.75, 3.05) is 32.8 Å². The summed E-state index contributed by atoms with van der Waals surface area (Å²) in [6.45, 7) is 7.80. The SMILES string of the molecule is Cc1ccc2[nH]c(=O)c([C@H](c3nnnn3C[C@H]3CCCO3)N3CCN(Cc4ccccc4)CC3)cc2c1. The lowest BCUT2D eigenvalue weighted by Gasteiger charge is -2.38. The Morgan fingerprint density at radius 1 is 1.08 bits per heavy atom. The first kappa shape index (κ1) is 24.0. The molecule has 4 heterocycles. The molecule has 2 aromatic carbocycles. The Kier molecular flexibility index (Phi) is 6.82. The largest absolute Gasteiger partial charge is 0.376 e. The molecule has 1 N–H and O–H groups in total. The van der Waals surface area contributed by atoms with Crippen LogP contribution in [0.25, 0.3) is 10.9 Å². The van der Waals surface area contributed by atoms with Crippen molar-refractivity contribution in [1.29, 1.82) is 0 Å². The second-order valence-corrected chi connectivity index (χ2v) is 10.2. The van der Waals surface area contributed by atoms with Crippen LogP contribution in [0, 0.1) is 6.92 Å². The minimum atomic E-state index is -0.344. The van der Waals surface area contributed by atoms with E-state index < -0.39 is 0 Å². The molecule has 0 saturated carbocycles. The van der Waals surface area contributed by atoms with Crippen molar-refractivity contribution < 1.29 is 4.74 Å². The highest BCUT2D eigenvalue weighted by atomic mass is 16.5. The molecule has 2 aliphatic heterocycles. The molecule has 2 saturated heterocycles. The van der Waals surface area contributed by atoms with Crippen LogP contribution in [0.2, 0.25) is 0 Å². The Hall–Kier alpha value is -3.40. The van der Waals surface area contributed by atoms with E-state index in [0.717, 1.165) is 68.6 Å². The molecule has 0 unspecified atom stereocenters. The number of aromatic amines is 1. The van der Waals surface area contributed by atoms with Gasteiger partial charge in [-0.3, -0.25) is 14.6 Å². The van der Waals surface area contributed by atoms with Crippen LogP contribution in [-0.2, 0) is 17.8 Å². The summed E-state index contributed by atoms with van der Waals surface area (Å²) in [6.07, 6.45) is 2.15. The van der Waals surface area contributed by atoms with E-state index in [4.69, 9.17) is 4.74 Å². The first-order valence-corrected chi connectivity index (χ1v) is 13.2. The number of ether oxygens (including phenoxy) is 1. The molecule has 2 fully saturated rings. The molecule has 0 aliphatic carbocycles. The lowest BCUT2D eigenvalue weighted by atomic mass is 10.0. The van der Waals surface area contributed by atoms with E-state index in [0.29, 0.717) is 17.9 Å². The summed E-state index contributed by atoms with van der Waals surface area (Å²) < 4.78 is 7.72. The molecule has 9 nitrogen and oxygen atoms in total. The molecular formula is C28H33N7O2. The van der Waals surface area contributed by atoms with Crippen LogP contribution in [-0.4, -0.2) is 73.9 Å². The summed E-state index contributed by atoms with van der Waals surface area (Å²) in [5.74, 6) is 0.699. The van der Waals surface area contributed by atoms with E-state index in [1.165, 1.54) is 5.56 Å². The van der Waals surface area contributed by atoms with E-state index in [2.05, 4.69) is 73.6 Å². The van der Waals surface area contributed by atoms with Gasteiger partial charge < -0.3 is 9.72 Å². The molecule has 9 heteroatoms. The molecule has 2 aromatic heterocycles. The van der Waals surface area contributed by atoms with E-state index in [1.54, 1.807) is 0 Å². The van der Waals surface area contributed by atoms with E-state index >= 15 is 0 Å². The van der Waals surface area contributed by atoms with Gasteiger partial charge in [-0.1, -0.05) is 42.0 Å². The lowest BCUT2D eigenvalue weighted by molar-refractivity contribution is 0.0840. The molecule has 6 rings (SSSR count). The maximum atomic E-state index is 13.5. The summed E-state index contributed by atoms with van der Waals surface area (Å²) in [5.41, 5.74) is 3.89. The number of nitrogens with one attached hydrogen (secondary N) is 1. The first-order valence-electron chi connectivity index (χ1n) is 13.2. The summed E-state index contributed by atoms with van der Waals surface area (Å²) in [5, 5.41) is 13.9. The predicted octanol–water partition coefficient (Wildman–Crippen LogP) is 2.91. The van der Waals surface area contributed by atoms with Crippen LogP contribution < -0.4 is 5.56 Å².